The average molecular weight is 393 g/mol. The van der Waals surface area contributed by atoms with Crippen LogP contribution in [-0.4, -0.2) is 18.4 Å². The van der Waals surface area contributed by atoms with E-state index < -0.39 is 0 Å². The molecule has 0 fully saturated rings. The Balaban J connectivity index is 1.68. The number of nitrogens with one attached hydrogen (secondary N) is 2. The van der Waals surface area contributed by atoms with Gasteiger partial charge in [0.15, 0.2) is 0 Å². The number of benzene rings is 3. The standard InChI is InChI=1S/C23H21ClN2O2/c1-16-7-9-19(10-8-16)23(28)25-15-21(27)26-22(17-5-3-2-4-6-17)18-11-13-20(24)14-12-18/h2-14,22H,15H2,1H3,(H,25,28)(H,26,27). The zero-order valence-electron chi connectivity index (χ0n) is 15.5. The second-order valence-electron chi connectivity index (χ2n) is 6.51. The Kier molecular flexibility index (Phi) is 6.45. The highest BCUT2D eigenvalue weighted by Crippen LogP contribution is 2.23. The lowest BCUT2D eigenvalue weighted by Crippen LogP contribution is -2.39. The minimum Gasteiger partial charge on any atom is -0.344 e. The van der Waals surface area contributed by atoms with Crippen LogP contribution in [0.5, 0.6) is 0 Å². The number of hydrogen-bond donors (Lipinski definition) is 2. The Morgan fingerprint density at radius 2 is 1.46 bits per heavy atom. The molecule has 28 heavy (non-hydrogen) atoms. The number of carbonyl (C=O) groups is 2. The number of halogens is 1. The van der Waals surface area contributed by atoms with Crippen LogP contribution in [0.3, 0.4) is 0 Å². The first kappa shape index (κ1) is 19.6. The van der Waals surface area contributed by atoms with Crippen LogP contribution in [0.15, 0.2) is 78.9 Å². The van der Waals surface area contributed by atoms with Crippen LogP contribution < -0.4 is 10.6 Å². The van der Waals surface area contributed by atoms with Crippen molar-refractivity contribution >= 4 is 23.4 Å². The van der Waals surface area contributed by atoms with Gasteiger partial charge in [-0.15, -0.1) is 0 Å². The van der Waals surface area contributed by atoms with Gasteiger partial charge in [0.1, 0.15) is 0 Å². The summed E-state index contributed by atoms with van der Waals surface area (Å²) >= 11 is 5.99. The maximum Gasteiger partial charge on any atom is 0.251 e. The van der Waals surface area contributed by atoms with Gasteiger partial charge in [0.2, 0.25) is 5.91 Å². The summed E-state index contributed by atoms with van der Waals surface area (Å²) < 4.78 is 0. The molecule has 0 saturated carbocycles. The molecular formula is C23H21ClN2O2. The monoisotopic (exact) mass is 392 g/mol. The molecule has 1 atom stereocenters. The van der Waals surface area contributed by atoms with Crippen molar-refractivity contribution in [1.82, 2.24) is 10.6 Å². The van der Waals surface area contributed by atoms with E-state index in [1.165, 1.54) is 0 Å². The minimum absolute atomic E-state index is 0.108. The molecule has 0 aromatic heterocycles. The lowest BCUT2D eigenvalue weighted by Gasteiger charge is -2.20. The molecule has 2 N–H and O–H groups in total. The van der Waals surface area contributed by atoms with E-state index in [1.807, 2.05) is 61.5 Å². The summed E-state index contributed by atoms with van der Waals surface area (Å²) in [6, 6.07) is 23.9. The van der Waals surface area contributed by atoms with Crippen LogP contribution in [0.2, 0.25) is 5.02 Å². The molecule has 142 valence electrons. The molecule has 5 heteroatoms. The second-order valence-corrected chi connectivity index (χ2v) is 6.95. The fourth-order valence-electron chi connectivity index (χ4n) is 2.84. The van der Waals surface area contributed by atoms with Crippen LogP contribution in [0.25, 0.3) is 0 Å². The first-order valence-electron chi connectivity index (χ1n) is 8.97. The topological polar surface area (TPSA) is 58.2 Å². The highest BCUT2D eigenvalue weighted by Gasteiger charge is 2.17. The quantitative estimate of drug-likeness (QED) is 0.657. The van der Waals surface area contributed by atoms with Gasteiger partial charge >= 0.3 is 0 Å². The van der Waals surface area contributed by atoms with Gasteiger partial charge in [-0.2, -0.15) is 0 Å². The number of aryl methyl sites for hydroxylation is 1. The van der Waals surface area contributed by atoms with Crippen molar-refractivity contribution in [3.8, 4) is 0 Å². The van der Waals surface area contributed by atoms with Gasteiger partial charge in [-0.25, -0.2) is 0 Å². The number of hydrogen-bond acceptors (Lipinski definition) is 2. The normalized spacial score (nSPS) is 11.5. The summed E-state index contributed by atoms with van der Waals surface area (Å²) in [6.07, 6.45) is 0. The van der Waals surface area contributed by atoms with Crippen molar-refractivity contribution in [2.75, 3.05) is 6.54 Å². The van der Waals surface area contributed by atoms with E-state index >= 15 is 0 Å². The minimum atomic E-state index is -0.331. The summed E-state index contributed by atoms with van der Waals surface area (Å²) in [6.45, 7) is 1.85. The molecule has 2 amide bonds. The van der Waals surface area contributed by atoms with Gasteiger partial charge < -0.3 is 10.6 Å². The predicted molar refractivity (Wildman–Crippen MR) is 111 cm³/mol. The Labute approximate surface area is 169 Å². The Morgan fingerprint density at radius 3 is 2.11 bits per heavy atom. The van der Waals surface area contributed by atoms with Gasteiger partial charge in [0.05, 0.1) is 12.6 Å². The van der Waals surface area contributed by atoms with Crippen molar-refractivity contribution in [3.63, 3.8) is 0 Å². The molecule has 0 aliphatic carbocycles. The first-order valence-corrected chi connectivity index (χ1v) is 9.35. The lowest BCUT2D eigenvalue weighted by atomic mass is 9.98. The van der Waals surface area contributed by atoms with Crippen LogP contribution in [0.4, 0.5) is 0 Å². The smallest absolute Gasteiger partial charge is 0.251 e. The average Bonchev–Trinajstić information content (AvgIpc) is 2.72. The highest BCUT2D eigenvalue weighted by atomic mass is 35.5. The van der Waals surface area contributed by atoms with E-state index in [-0.39, 0.29) is 24.4 Å². The van der Waals surface area contributed by atoms with E-state index in [1.54, 1.807) is 24.3 Å². The molecule has 0 saturated heterocycles. The lowest BCUT2D eigenvalue weighted by molar-refractivity contribution is -0.120. The van der Waals surface area contributed by atoms with Crippen LogP contribution in [0, 0.1) is 6.92 Å². The Bertz CT molecular complexity index is 939. The Morgan fingerprint density at radius 1 is 0.857 bits per heavy atom. The summed E-state index contributed by atoms with van der Waals surface area (Å²) in [5.41, 5.74) is 3.45. The van der Waals surface area contributed by atoms with Crippen LogP contribution >= 0.6 is 11.6 Å². The van der Waals surface area contributed by atoms with Crippen molar-refractivity contribution < 1.29 is 9.59 Å². The maximum atomic E-state index is 12.5. The molecule has 3 rings (SSSR count). The van der Waals surface area contributed by atoms with Crippen molar-refractivity contribution in [2.45, 2.75) is 13.0 Å². The molecule has 4 nitrogen and oxygen atoms in total. The third kappa shape index (κ3) is 5.21. The van der Waals surface area contributed by atoms with Crippen LogP contribution in [0.1, 0.15) is 33.1 Å². The van der Waals surface area contributed by atoms with E-state index in [4.69, 9.17) is 11.6 Å². The number of carbonyl (C=O) groups excluding carboxylic acids is 2. The van der Waals surface area contributed by atoms with E-state index in [0.717, 1.165) is 16.7 Å². The predicted octanol–water partition coefficient (Wildman–Crippen LogP) is 4.28. The molecule has 3 aromatic rings. The zero-order valence-corrected chi connectivity index (χ0v) is 16.2. The highest BCUT2D eigenvalue weighted by molar-refractivity contribution is 6.30. The molecule has 0 radical (unpaired) electrons. The zero-order chi connectivity index (χ0) is 19.9. The first-order chi connectivity index (χ1) is 13.5. The second kappa shape index (κ2) is 9.20. The summed E-state index contributed by atoms with van der Waals surface area (Å²) in [4.78, 5) is 24.7. The van der Waals surface area contributed by atoms with E-state index in [2.05, 4.69) is 10.6 Å². The molecule has 0 aliphatic rings. The molecule has 1 unspecified atom stereocenters. The van der Waals surface area contributed by atoms with Gasteiger partial charge in [-0.1, -0.05) is 71.8 Å². The summed E-state index contributed by atoms with van der Waals surface area (Å²) in [7, 11) is 0. The SMILES string of the molecule is Cc1ccc(C(=O)NCC(=O)NC(c2ccccc2)c2ccc(Cl)cc2)cc1. The Hall–Kier alpha value is -3.11. The van der Waals surface area contributed by atoms with Gasteiger partial charge in [0.25, 0.3) is 5.91 Å². The van der Waals surface area contributed by atoms with Crippen LogP contribution in [-0.2, 0) is 4.79 Å². The van der Waals surface area contributed by atoms with Gasteiger partial charge in [0, 0.05) is 10.6 Å². The number of amides is 2. The summed E-state index contributed by atoms with van der Waals surface area (Å²) in [5.74, 6) is -0.554. The summed E-state index contributed by atoms with van der Waals surface area (Å²) in [5, 5.41) is 6.28. The van der Waals surface area contributed by atoms with Crippen molar-refractivity contribution in [1.29, 1.82) is 0 Å². The molecule has 0 aliphatic heterocycles. The maximum absolute atomic E-state index is 12.5. The third-order valence-corrected chi connectivity index (χ3v) is 4.62. The van der Waals surface area contributed by atoms with Crippen molar-refractivity contribution in [2.24, 2.45) is 0 Å². The molecule has 0 bridgehead atoms. The molecular weight excluding hydrogens is 372 g/mol. The van der Waals surface area contributed by atoms with E-state index in [9.17, 15) is 9.59 Å². The van der Waals surface area contributed by atoms with Crippen molar-refractivity contribution in [3.05, 3.63) is 106 Å². The van der Waals surface area contributed by atoms with Gasteiger partial charge in [-0.3, -0.25) is 9.59 Å². The molecule has 0 spiro atoms. The van der Waals surface area contributed by atoms with Gasteiger partial charge in [-0.05, 0) is 42.3 Å². The third-order valence-electron chi connectivity index (χ3n) is 4.36. The largest absolute Gasteiger partial charge is 0.344 e. The fraction of sp³-hybridized carbons (Fsp3) is 0.130. The molecule has 3 aromatic carbocycles. The fourth-order valence-corrected chi connectivity index (χ4v) is 2.97. The number of rotatable bonds is 6. The van der Waals surface area contributed by atoms with E-state index in [0.29, 0.717) is 10.6 Å². The molecule has 0 heterocycles.